The van der Waals surface area contributed by atoms with Gasteiger partial charge in [0.2, 0.25) is 0 Å². The summed E-state index contributed by atoms with van der Waals surface area (Å²) >= 11 is 0. The Morgan fingerprint density at radius 1 is 0.951 bits per heavy atom. The predicted octanol–water partition coefficient (Wildman–Crippen LogP) is 4.73. The molecule has 1 N–H and O–H groups in total. The molecule has 0 heterocycles. The van der Waals surface area contributed by atoms with E-state index in [-0.39, 0.29) is 32.0 Å². The van der Waals surface area contributed by atoms with Crippen molar-refractivity contribution in [1.29, 1.82) is 0 Å². The maximum Gasteiger partial charge on any atom is 0.341 e. The van der Waals surface area contributed by atoms with Crippen molar-refractivity contribution >= 4 is 31.8 Å². The normalized spacial score (nSPS) is 21.0. The van der Waals surface area contributed by atoms with Crippen molar-refractivity contribution in [1.82, 2.24) is 0 Å². The number of carbonyl (C=O) groups is 4. The molecule has 0 spiro atoms. The number of rotatable bonds is 13. The highest BCUT2D eigenvalue weighted by Gasteiger charge is 2.57. The molecule has 5 rings (SSSR count). The van der Waals surface area contributed by atoms with Crippen LogP contribution in [0.2, 0.25) is 25.7 Å². The maximum atomic E-state index is 13.4. The van der Waals surface area contributed by atoms with Gasteiger partial charge in [0.15, 0.2) is 6.61 Å². The highest BCUT2D eigenvalue weighted by molar-refractivity contribution is 6.76. The minimum atomic E-state index is -1.44. The number of aliphatic carboxylic acids is 1. The van der Waals surface area contributed by atoms with Crippen molar-refractivity contribution in [2.45, 2.75) is 50.5 Å². The molecule has 3 unspecified atom stereocenters. The van der Waals surface area contributed by atoms with Crippen molar-refractivity contribution in [3.05, 3.63) is 71.8 Å². The number of ether oxygens (including phenoxy) is 4. The fraction of sp³-hybridized carbons (Fsp3) is 0.419. The molecule has 0 aliphatic heterocycles. The Bertz CT molecular complexity index is 1310. The molecule has 4 atom stereocenters. The van der Waals surface area contributed by atoms with Gasteiger partial charge in [-0.1, -0.05) is 50.5 Å². The second-order valence-electron chi connectivity index (χ2n) is 11.6. The molecule has 0 aromatic heterocycles. The van der Waals surface area contributed by atoms with Gasteiger partial charge < -0.3 is 24.1 Å². The van der Waals surface area contributed by atoms with Crippen LogP contribution in [-0.2, 0) is 35.3 Å². The van der Waals surface area contributed by atoms with Crippen LogP contribution in [0.5, 0.6) is 11.5 Å². The Morgan fingerprint density at radius 3 is 2.29 bits per heavy atom. The van der Waals surface area contributed by atoms with E-state index in [4.69, 9.17) is 24.1 Å². The minimum Gasteiger partial charge on any atom is -0.489 e. The van der Waals surface area contributed by atoms with Gasteiger partial charge in [0.05, 0.1) is 24.4 Å². The predicted molar refractivity (Wildman–Crippen MR) is 153 cm³/mol. The Kier molecular flexibility index (Phi) is 9.32. The summed E-state index contributed by atoms with van der Waals surface area (Å²) in [6, 6.07) is 13.1. The Labute approximate surface area is 240 Å². The molecule has 3 aliphatic carbocycles. The first kappa shape index (κ1) is 30.0. The third kappa shape index (κ3) is 7.24. The van der Waals surface area contributed by atoms with Gasteiger partial charge >= 0.3 is 17.9 Å². The first-order chi connectivity index (χ1) is 19.5. The van der Waals surface area contributed by atoms with Crippen LogP contribution in [0.3, 0.4) is 0 Å². The topological polar surface area (TPSA) is 125 Å². The number of hydrogen-bond acceptors (Lipinski definition) is 8. The molecule has 10 heteroatoms. The van der Waals surface area contributed by atoms with Gasteiger partial charge in [0.25, 0.3) is 0 Å². The lowest BCUT2D eigenvalue weighted by molar-refractivity contribution is -0.166. The number of esters is 2. The van der Waals surface area contributed by atoms with Crippen LogP contribution in [-0.4, -0.2) is 56.7 Å². The van der Waals surface area contributed by atoms with Gasteiger partial charge in [-0.05, 0) is 47.0 Å². The SMILES string of the molecule is C=CCOC(=O)[C@@H]1C2C(=O)CC(c3ccc(OCc4ccc(OCC(=O)O)cc4)cc32)C1C(=O)OCC[Si](C)(C)C. The van der Waals surface area contributed by atoms with Crippen LogP contribution in [0.1, 0.15) is 34.9 Å². The number of carboxylic acids is 1. The van der Waals surface area contributed by atoms with Gasteiger partial charge in [-0.2, -0.15) is 0 Å². The van der Waals surface area contributed by atoms with E-state index in [0.29, 0.717) is 17.1 Å². The van der Waals surface area contributed by atoms with Gasteiger partial charge in [0.1, 0.15) is 30.5 Å². The zero-order chi connectivity index (χ0) is 29.7. The average molecular weight is 581 g/mol. The fourth-order valence-electron chi connectivity index (χ4n) is 5.43. The molecule has 1 saturated carbocycles. The molecule has 1 fully saturated rings. The Hall–Kier alpha value is -3.92. The van der Waals surface area contributed by atoms with E-state index in [1.165, 1.54) is 6.08 Å². The van der Waals surface area contributed by atoms with Gasteiger partial charge in [-0.25, -0.2) is 4.79 Å². The zero-order valence-electron chi connectivity index (χ0n) is 23.6. The van der Waals surface area contributed by atoms with E-state index >= 15 is 0 Å². The summed E-state index contributed by atoms with van der Waals surface area (Å²) in [4.78, 5) is 50.6. The number of ketones is 1. The van der Waals surface area contributed by atoms with Crippen molar-refractivity contribution in [2.75, 3.05) is 19.8 Å². The molecule has 2 aromatic carbocycles. The molecule has 3 aliphatic rings. The molecule has 41 heavy (non-hydrogen) atoms. The summed E-state index contributed by atoms with van der Waals surface area (Å²) < 4.78 is 22.2. The summed E-state index contributed by atoms with van der Waals surface area (Å²) in [6.07, 6.45) is 1.61. The van der Waals surface area contributed by atoms with Crippen LogP contribution < -0.4 is 9.47 Å². The van der Waals surface area contributed by atoms with Crippen molar-refractivity contribution in [3.8, 4) is 11.5 Å². The molecule has 9 nitrogen and oxygen atoms in total. The van der Waals surface area contributed by atoms with Crippen molar-refractivity contribution in [2.24, 2.45) is 11.8 Å². The fourth-order valence-corrected chi connectivity index (χ4v) is 6.14. The van der Waals surface area contributed by atoms with Gasteiger partial charge in [-0.3, -0.25) is 14.4 Å². The molecule has 2 aromatic rings. The van der Waals surface area contributed by atoms with E-state index < -0.39 is 56.3 Å². The third-order valence-corrected chi connectivity index (χ3v) is 9.12. The van der Waals surface area contributed by atoms with Crippen LogP contribution >= 0.6 is 0 Å². The van der Waals surface area contributed by atoms with E-state index in [1.54, 1.807) is 36.4 Å². The molecule has 218 valence electrons. The molecular formula is C31H36O9Si. The number of carboxylic acid groups (broad SMARTS) is 1. The number of benzene rings is 2. The minimum absolute atomic E-state index is 0.0194. The summed E-state index contributed by atoms with van der Waals surface area (Å²) in [6.45, 7) is 10.2. The first-order valence-corrected chi connectivity index (χ1v) is 17.4. The van der Waals surface area contributed by atoms with Crippen LogP contribution in [0, 0.1) is 11.8 Å². The lowest BCUT2D eigenvalue weighted by atomic mass is 9.55. The molecule has 2 bridgehead atoms. The third-order valence-electron chi connectivity index (χ3n) is 7.42. The number of fused-ring (bicyclic) bond motifs is 2. The standard InChI is InChI=1S/C31H36O9Si/c1-5-12-37-31(36)29-27-23-15-21(39-17-19-6-8-20(9-7-19)40-18-26(33)34)10-11-22(23)24(16-25(27)32)28(29)30(35)38-13-14-41(2,3)4/h5-11,15,24,27-29H,1,12-14,16-18H2,2-4H3,(H,33,34)/t24?,27?,28?,29-/m1/s1. The van der Waals surface area contributed by atoms with E-state index in [2.05, 4.69) is 26.2 Å². The lowest BCUT2D eigenvalue weighted by Gasteiger charge is -2.46. The van der Waals surface area contributed by atoms with Crippen LogP contribution in [0.15, 0.2) is 55.1 Å². The molecular weight excluding hydrogens is 544 g/mol. The monoisotopic (exact) mass is 580 g/mol. The van der Waals surface area contributed by atoms with Crippen LogP contribution in [0.25, 0.3) is 0 Å². The molecule has 0 saturated heterocycles. The number of carbonyl (C=O) groups excluding carboxylic acids is 3. The largest absolute Gasteiger partial charge is 0.489 e. The van der Waals surface area contributed by atoms with E-state index in [1.807, 2.05) is 6.07 Å². The zero-order valence-corrected chi connectivity index (χ0v) is 24.6. The quantitative estimate of drug-likeness (QED) is 0.203. The molecule has 0 amide bonds. The number of hydrogen-bond donors (Lipinski definition) is 1. The summed E-state index contributed by atoms with van der Waals surface area (Å²) in [5.74, 6) is -4.41. The van der Waals surface area contributed by atoms with E-state index in [0.717, 1.165) is 17.2 Å². The Balaban J connectivity index is 1.55. The summed E-state index contributed by atoms with van der Waals surface area (Å²) in [7, 11) is -1.44. The number of Topliss-reactive ketones (excluding diaryl/α,β-unsaturated/α-hetero) is 1. The molecule has 0 radical (unpaired) electrons. The maximum absolute atomic E-state index is 13.4. The van der Waals surface area contributed by atoms with E-state index in [9.17, 15) is 19.2 Å². The summed E-state index contributed by atoms with van der Waals surface area (Å²) in [5.41, 5.74) is 2.35. The second kappa shape index (κ2) is 12.7. The lowest BCUT2D eigenvalue weighted by Crippen LogP contribution is -2.50. The smallest absolute Gasteiger partial charge is 0.341 e. The highest BCUT2D eigenvalue weighted by atomic mass is 28.3. The summed E-state index contributed by atoms with van der Waals surface area (Å²) in [5, 5.41) is 8.75. The second-order valence-corrected chi connectivity index (χ2v) is 17.2. The van der Waals surface area contributed by atoms with Crippen molar-refractivity contribution in [3.63, 3.8) is 0 Å². The van der Waals surface area contributed by atoms with Crippen molar-refractivity contribution < 1.29 is 43.2 Å². The van der Waals surface area contributed by atoms with Crippen LogP contribution in [0.4, 0.5) is 0 Å². The first-order valence-electron chi connectivity index (χ1n) is 13.7. The average Bonchev–Trinajstić information content (AvgIpc) is 2.93. The Morgan fingerprint density at radius 2 is 1.63 bits per heavy atom. The van der Waals surface area contributed by atoms with Gasteiger partial charge in [0, 0.05) is 20.4 Å². The highest BCUT2D eigenvalue weighted by Crippen LogP contribution is 2.55. The van der Waals surface area contributed by atoms with Gasteiger partial charge in [-0.15, -0.1) is 0 Å².